The standard InChI is InChI=1S/C19H27N3O4/c1-4-21-7-9-22(10-8-21)19(24)15-12-14(15)18(23)20-13-5-6-16(25-2)17(11-13)26-3/h5-6,11,14-15H,4,7-10,12H2,1-3H3,(H,20,23). The number of amides is 2. The van der Waals surface area contributed by atoms with Crippen LogP contribution in [0.2, 0.25) is 0 Å². The van der Waals surface area contributed by atoms with Gasteiger partial charge in [-0.25, -0.2) is 0 Å². The number of hydrogen-bond acceptors (Lipinski definition) is 5. The Morgan fingerprint density at radius 2 is 1.77 bits per heavy atom. The number of nitrogens with one attached hydrogen (secondary N) is 1. The van der Waals surface area contributed by atoms with Crippen molar-refractivity contribution in [3.63, 3.8) is 0 Å². The number of benzene rings is 1. The Hall–Kier alpha value is -2.28. The fraction of sp³-hybridized carbons (Fsp3) is 0.579. The van der Waals surface area contributed by atoms with Crippen LogP contribution in [-0.2, 0) is 9.59 Å². The largest absolute Gasteiger partial charge is 0.493 e. The molecule has 1 aromatic carbocycles. The Labute approximate surface area is 154 Å². The van der Waals surface area contributed by atoms with E-state index in [4.69, 9.17) is 9.47 Å². The first-order chi connectivity index (χ1) is 12.6. The van der Waals surface area contributed by atoms with Gasteiger partial charge >= 0.3 is 0 Å². The van der Waals surface area contributed by atoms with Gasteiger partial charge in [0.1, 0.15) is 0 Å². The van der Waals surface area contributed by atoms with Crippen molar-refractivity contribution in [3.05, 3.63) is 18.2 Å². The third kappa shape index (κ3) is 3.93. The van der Waals surface area contributed by atoms with Gasteiger partial charge in [0, 0.05) is 37.9 Å². The maximum Gasteiger partial charge on any atom is 0.228 e. The average Bonchev–Trinajstić information content (AvgIpc) is 3.48. The SMILES string of the molecule is CCN1CCN(C(=O)C2CC2C(=O)Nc2ccc(OC)c(OC)c2)CC1. The molecule has 0 aromatic heterocycles. The maximum absolute atomic E-state index is 12.6. The summed E-state index contributed by atoms with van der Waals surface area (Å²) in [6, 6.07) is 5.24. The molecule has 142 valence electrons. The molecule has 0 spiro atoms. The van der Waals surface area contributed by atoms with Gasteiger partial charge in [0.25, 0.3) is 0 Å². The normalized spacial score (nSPS) is 22.7. The van der Waals surface area contributed by atoms with Crippen LogP contribution in [0, 0.1) is 11.8 Å². The number of likely N-dealkylation sites (N-methyl/N-ethyl adjacent to an activating group) is 1. The van der Waals surface area contributed by atoms with E-state index in [9.17, 15) is 9.59 Å². The number of anilines is 1. The van der Waals surface area contributed by atoms with Crippen molar-refractivity contribution in [1.29, 1.82) is 0 Å². The molecule has 0 bridgehead atoms. The molecule has 1 aromatic rings. The first-order valence-electron chi connectivity index (χ1n) is 9.11. The van der Waals surface area contributed by atoms with Crippen molar-refractivity contribution in [2.75, 3.05) is 52.3 Å². The van der Waals surface area contributed by atoms with Crippen LogP contribution < -0.4 is 14.8 Å². The molecule has 1 heterocycles. The summed E-state index contributed by atoms with van der Waals surface area (Å²) in [5.41, 5.74) is 0.641. The fourth-order valence-corrected chi connectivity index (χ4v) is 3.43. The lowest BCUT2D eigenvalue weighted by Gasteiger charge is -2.34. The Morgan fingerprint density at radius 3 is 2.38 bits per heavy atom. The van der Waals surface area contributed by atoms with Crippen molar-refractivity contribution < 1.29 is 19.1 Å². The number of hydrogen-bond donors (Lipinski definition) is 1. The molecule has 1 aliphatic heterocycles. The van der Waals surface area contributed by atoms with E-state index in [-0.39, 0.29) is 23.7 Å². The summed E-state index contributed by atoms with van der Waals surface area (Å²) in [5.74, 6) is 0.762. The van der Waals surface area contributed by atoms with Crippen molar-refractivity contribution >= 4 is 17.5 Å². The van der Waals surface area contributed by atoms with Crippen molar-refractivity contribution in [3.8, 4) is 11.5 Å². The van der Waals surface area contributed by atoms with E-state index >= 15 is 0 Å². The molecule has 7 heteroatoms. The monoisotopic (exact) mass is 361 g/mol. The molecule has 1 N–H and O–H groups in total. The highest BCUT2D eigenvalue weighted by atomic mass is 16.5. The number of rotatable bonds is 6. The zero-order valence-corrected chi connectivity index (χ0v) is 15.7. The van der Waals surface area contributed by atoms with E-state index in [0.29, 0.717) is 23.6 Å². The lowest BCUT2D eigenvalue weighted by Crippen LogP contribution is -2.49. The summed E-state index contributed by atoms with van der Waals surface area (Å²) in [6.07, 6.45) is 0.631. The van der Waals surface area contributed by atoms with Crippen LogP contribution in [0.4, 0.5) is 5.69 Å². The topological polar surface area (TPSA) is 71.1 Å². The molecular weight excluding hydrogens is 334 g/mol. The second-order valence-electron chi connectivity index (χ2n) is 6.77. The van der Waals surface area contributed by atoms with E-state index in [1.54, 1.807) is 32.4 Å². The molecule has 2 aliphatic rings. The predicted octanol–water partition coefficient (Wildman–Crippen LogP) is 1.44. The smallest absolute Gasteiger partial charge is 0.228 e. The number of piperazine rings is 1. The molecule has 3 rings (SSSR count). The number of ether oxygens (including phenoxy) is 2. The molecule has 2 unspecified atom stereocenters. The average molecular weight is 361 g/mol. The third-order valence-electron chi connectivity index (χ3n) is 5.23. The molecule has 2 fully saturated rings. The number of nitrogens with zero attached hydrogens (tertiary/aromatic N) is 2. The van der Waals surface area contributed by atoms with Gasteiger partial charge in [0.05, 0.1) is 26.1 Å². The summed E-state index contributed by atoms with van der Waals surface area (Å²) >= 11 is 0. The first-order valence-corrected chi connectivity index (χ1v) is 9.11. The van der Waals surface area contributed by atoms with E-state index in [0.717, 1.165) is 32.7 Å². The van der Waals surface area contributed by atoms with Crippen molar-refractivity contribution in [1.82, 2.24) is 9.80 Å². The van der Waals surface area contributed by atoms with E-state index in [1.165, 1.54) is 0 Å². The van der Waals surface area contributed by atoms with Crippen LogP contribution in [0.25, 0.3) is 0 Å². The Balaban J connectivity index is 1.53. The van der Waals surface area contributed by atoms with Crippen LogP contribution in [-0.4, -0.2) is 68.6 Å². The fourth-order valence-electron chi connectivity index (χ4n) is 3.43. The van der Waals surface area contributed by atoms with Gasteiger partial charge in [-0.1, -0.05) is 6.92 Å². The van der Waals surface area contributed by atoms with Gasteiger partial charge in [-0.2, -0.15) is 0 Å². The van der Waals surface area contributed by atoms with Gasteiger partial charge in [-0.15, -0.1) is 0 Å². The maximum atomic E-state index is 12.6. The summed E-state index contributed by atoms with van der Waals surface area (Å²) in [7, 11) is 3.12. The minimum atomic E-state index is -0.236. The lowest BCUT2D eigenvalue weighted by molar-refractivity contribution is -0.135. The Kier molecular flexibility index (Phi) is 5.66. The highest BCUT2D eigenvalue weighted by molar-refractivity contribution is 5.99. The van der Waals surface area contributed by atoms with E-state index in [1.807, 2.05) is 4.90 Å². The lowest BCUT2D eigenvalue weighted by atomic mass is 10.2. The molecule has 1 saturated heterocycles. The van der Waals surface area contributed by atoms with Crippen LogP contribution in [0.5, 0.6) is 11.5 Å². The molecule has 2 atom stereocenters. The van der Waals surface area contributed by atoms with Gasteiger partial charge in [-0.05, 0) is 25.1 Å². The number of carbonyl (C=O) groups excluding carboxylic acids is 2. The minimum Gasteiger partial charge on any atom is -0.493 e. The Morgan fingerprint density at radius 1 is 1.08 bits per heavy atom. The highest BCUT2D eigenvalue weighted by Gasteiger charge is 2.49. The number of methoxy groups -OCH3 is 2. The summed E-state index contributed by atoms with van der Waals surface area (Å²) in [6.45, 7) is 6.49. The number of carbonyl (C=O) groups is 2. The first kappa shape index (κ1) is 18.5. The molecule has 2 amide bonds. The van der Waals surface area contributed by atoms with Crippen LogP contribution in [0.1, 0.15) is 13.3 Å². The molecule has 26 heavy (non-hydrogen) atoms. The zero-order chi connectivity index (χ0) is 18.7. The van der Waals surface area contributed by atoms with Crippen LogP contribution >= 0.6 is 0 Å². The molecule has 1 aliphatic carbocycles. The second-order valence-corrected chi connectivity index (χ2v) is 6.77. The zero-order valence-electron chi connectivity index (χ0n) is 15.7. The van der Waals surface area contributed by atoms with Gasteiger partial charge in [0.15, 0.2) is 11.5 Å². The quantitative estimate of drug-likeness (QED) is 0.830. The molecule has 7 nitrogen and oxygen atoms in total. The molecular formula is C19H27N3O4. The van der Waals surface area contributed by atoms with Crippen LogP contribution in [0.15, 0.2) is 18.2 Å². The van der Waals surface area contributed by atoms with Gasteiger partial charge in [-0.3, -0.25) is 9.59 Å². The minimum absolute atomic E-state index is 0.109. The second kappa shape index (κ2) is 7.95. The van der Waals surface area contributed by atoms with Crippen molar-refractivity contribution in [2.24, 2.45) is 11.8 Å². The molecule has 1 saturated carbocycles. The summed E-state index contributed by atoms with van der Waals surface area (Å²) in [4.78, 5) is 29.3. The molecule has 0 radical (unpaired) electrons. The summed E-state index contributed by atoms with van der Waals surface area (Å²) < 4.78 is 10.4. The van der Waals surface area contributed by atoms with Crippen molar-refractivity contribution in [2.45, 2.75) is 13.3 Å². The Bertz CT molecular complexity index is 671. The third-order valence-corrected chi connectivity index (χ3v) is 5.23. The summed E-state index contributed by atoms with van der Waals surface area (Å²) in [5, 5.41) is 2.88. The van der Waals surface area contributed by atoms with E-state index < -0.39 is 0 Å². The van der Waals surface area contributed by atoms with Gasteiger partial charge < -0.3 is 24.6 Å². The van der Waals surface area contributed by atoms with Crippen LogP contribution in [0.3, 0.4) is 0 Å². The predicted molar refractivity (Wildman–Crippen MR) is 98.5 cm³/mol. The van der Waals surface area contributed by atoms with Gasteiger partial charge in [0.2, 0.25) is 11.8 Å². The van der Waals surface area contributed by atoms with E-state index in [2.05, 4.69) is 17.1 Å². The highest BCUT2D eigenvalue weighted by Crippen LogP contribution is 2.41.